The maximum absolute atomic E-state index is 11.5. The van der Waals surface area contributed by atoms with Gasteiger partial charge in [0.1, 0.15) is 0 Å². The van der Waals surface area contributed by atoms with E-state index in [0.29, 0.717) is 6.42 Å². The van der Waals surface area contributed by atoms with Gasteiger partial charge >= 0.3 is 0 Å². The number of hydrogen-bond acceptors (Lipinski definition) is 4. The number of hydrogen-bond donors (Lipinski definition) is 2. The van der Waals surface area contributed by atoms with Crippen molar-refractivity contribution in [2.75, 3.05) is 6.54 Å². The van der Waals surface area contributed by atoms with E-state index in [1.807, 2.05) is 6.92 Å². The fourth-order valence-electron chi connectivity index (χ4n) is 0.993. The highest BCUT2D eigenvalue weighted by Crippen LogP contribution is 2.04. The van der Waals surface area contributed by atoms with Gasteiger partial charge in [-0.1, -0.05) is 13.8 Å². The van der Waals surface area contributed by atoms with Gasteiger partial charge in [-0.3, -0.25) is 0 Å². The van der Waals surface area contributed by atoms with Gasteiger partial charge in [-0.05, 0) is 12.8 Å². The molecule has 0 bridgehead atoms. The van der Waals surface area contributed by atoms with Crippen LogP contribution in [0.25, 0.3) is 0 Å². The maximum atomic E-state index is 11.5. The van der Waals surface area contributed by atoms with Gasteiger partial charge < -0.3 is 5.73 Å². The molecule has 2 unspecified atom stereocenters. The Kier molecular flexibility index (Phi) is 5.69. The molecule has 6 heteroatoms. The van der Waals surface area contributed by atoms with Crippen LogP contribution in [0.2, 0.25) is 0 Å². The van der Waals surface area contributed by atoms with Gasteiger partial charge in [0, 0.05) is 12.6 Å². The van der Waals surface area contributed by atoms with E-state index >= 15 is 0 Å². The molecule has 0 spiro atoms. The van der Waals surface area contributed by atoms with E-state index < -0.39 is 15.3 Å². The van der Waals surface area contributed by atoms with Crippen LogP contribution in [-0.2, 0) is 10.0 Å². The zero-order valence-corrected chi connectivity index (χ0v) is 9.34. The largest absolute Gasteiger partial charge is 0.329 e. The summed E-state index contributed by atoms with van der Waals surface area (Å²) in [5, 5.41) is 7.64. The summed E-state index contributed by atoms with van der Waals surface area (Å²) in [6.07, 6.45) is 0.907. The van der Waals surface area contributed by atoms with Crippen LogP contribution in [0.15, 0.2) is 0 Å². The predicted octanol–water partition coefficient (Wildman–Crippen LogP) is -0.0547. The van der Waals surface area contributed by atoms with E-state index in [0.717, 1.165) is 0 Å². The molecule has 0 radical (unpaired) electrons. The monoisotopic (exact) mass is 219 g/mol. The van der Waals surface area contributed by atoms with Crippen molar-refractivity contribution in [1.29, 1.82) is 5.26 Å². The average molecular weight is 219 g/mol. The van der Waals surface area contributed by atoms with Gasteiger partial charge in [0.2, 0.25) is 10.0 Å². The van der Waals surface area contributed by atoms with Crippen LogP contribution in [0, 0.1) is 11.3 Å². The molecule has 0 aromatic rings. The average Bonchev–Trinajstić information content (AvgIpc) is 2.15. The second kappa shape index (κ2) is 5.96. The highest BCUT2D eigenvalue weighted by molar-refractivity contribution is 7.90. The molecular formula is C8H17N3O2S. The molecule has 0 aromatic carbocycles. The van der Waals surface area contributed by atoms with Gasteiger partial charge in [0.25, 0.3) is 0 Å². The van der Waals surface area contributed by atoms with Gasteiger partial charge in [0.15, 0.2) is 5.25 Å². The SMILES string of the molecule is CCC(CN)NS(=O)(=O)C(C#N)CC. The Morgan fingerprint density at radius 2 is 2.00 bits per heavy atom. The third-order valence-electron chi connectivity index (χ3n) is 2.00. The molecule has 0 aliphatic rings. The number of nitrogens with two attached hydrogens (primary N) is 1. The highest BCUT2D eigenvalue weighted by atomic mass is 32.2. The first-order chi connectivity index (χ1) is 6.51. The van der Waals surface area contributed by atoms with Crippen molar-refractivity contribution in [3.63, 3.8) is 0 Å². The lowest BCUT2D eigenvalue weighted by Crippen LogP contribution is -2.43. The molecule has 3 N–H and O–H groups in total. The smallest absolute Gasteiger partial charge is 0.228 e. The summed E-state index contributed by atoms with van der Waals surface area (Å²) in [7, 11) is -3.54. The van der Waals surface area contributed by atoms with E-state index in [-0.39, 0.29) is 19.0 Å². The summed E-state index contributed by atoms with van der Waals surface area (Å²) in [6.45, 7) is 3.75. The van der Waals surface area contributed by atoms with Crippen LogP contribution in [0.3, 0.4) is 0 Å². The minimum absolute atomic E-state index is 0.248. The van der Waals surface area contributed by atoms with Crippen molar-refractivity contribution in [2.24, 2.45) is 5.73 Å². The number of sulfonamides is 1. The molecule has 0 aliphatic heterocycles. The summed E-state index contributed by atoms with van der Waals surface area (Å²) in [6, 6.07) is 1.48. The van der Waals surface area contributed by atoms with Crippen LogP contribution in [0.5, 0.6) is 0 Å². The van der Waals surface area contributed by atoms with Crippen molar-refractivity contribution in [1.82, 2.24) is 4.72 Å². The zero-order valence-electron chi connectivity index (χ0n) is 8.53. The van der Waals surface area contributed by atoms with Crippen molar-refractivity contribution in [3.8, 4) is 6.07 Å². The standard InChI is InChI=1S/C8H17N3O2S/c1-3-7(5-9)11-14(12,13)8(4-2)6-10/h7-8,11H,3-5,9H2,1-2H3. The molecule has 0 heterocycles. The van der Waals surface area contributed by atoms with E-state index in [1.54, 1.807) is 13.0 Å². The van der Waals surface area contributed by atoms with Gasteiger partial charge in [-0.2, -0.15) is 5.26 Å². The molecule has 2 atom stereocenters. The van der Waals surface area contributed by atoms with Crippen LogP contribution >= 0.6 is 0 Å². The summed E-state index contributed by atoms with van der Waals surface area (Å²) in [4.78, 5) is 0. The molecule has 0 amide bonds. The van der Waals surface area contributed by atoms with Crippen molar-refractivity contribution in [3.05, 3.63) is 0 Å². The maximum Gasteiger partial charge on any atom is 0.228 e. The molecular weight excluding hydrogens is 202 g/mol. The number of nitrogens with zero attached hydrogens (tertiary/aromatic N) is 1. The molecule has 0 aromatic heterocycles. The van der Waals surface area contributed by atoms with Crippen LogP contribution in [0.4, 0.5) is 0 Å². The molecule has 0 saturated heterocycles. The first-order valence-electron chi connectivity index (χ1n) is 4.62. The lowest BCUT2D eigenvalue weighted by molar-refractivity contribution is 0.536. The molecule has 0 rings (SSSR count). The van der Waals surface area contributed by atoms with E-state index in [9.17, 15) is 8.42 Å². The Bertz CT molecular complexity index is 290. The zero-order chi connectivity index (χ0) is 11.2. The number of nitrogens with one attached hydrogen (secondary N) is 1. The van der Waals surface area contributed by atoms with E-state index in [2.05, 4.69) is 4.72 Å². The van der Waals surface area contributed by atoms with E-state index in [4.69, 9.17) is 11.0 Å². The molecule has 0 fully saturated rings. The first kappa shape index (κ1) is 13.4. The number of nitriles is 1. The first-order valence-corrected chi connectivity index (χ1v) is 6.17. The Labute approximate surface area is 85.3 Å². The van der Waals surface area contributed by atoms with Crippen molar-refractivity contribution < 1.29 is 8.42 Å². The van der Waals surface area contributed by atoms with Crippen LogP contribution < -0.4 is 10.5 Å². The minimum Gasteiger partial charge on any atom is -0.329 e. The molecule has 0 aliphatic carbocycles. The third kappa shape index (κ3) is 3.62. The quantitative estimate of drug-likeness (QED) is 0.654. The van der Waals surface area contributed by atoms with Crippen molar-refractivity contribution in [2.45, 2.75) is 38.0 Å². The van der Waals surface area contributed by atoms with Gasteiger partial charge in [0.05, 0.1) is 6.07 Å². The van der Waals surface area contributed by atoms with Crippen LogP contribution in [0.1, 0.15) is 26.7 Å². The minimum atomic E-state index is -3.54. The normalized spacial score (nSPS) is 15.9. The Hall–Kier alpha value is -0.640. The molecule has 0 saturated carbocycles. The predicted molar refractivity (Wildman–Crippen MR) is 54.9 cm³/mol. The molecule has 5 nitrogen and oxygen atoms in total. The second-order valence-electron chi connectivity index (χ2n) is 3.03. The Morgan fingerprint density at radius 1 is 1.43 bits per heavy atom. The Balaban J connectivity index is 4.56. The lowest BCUT2D eigenvalue weighted by Gasteiger charge is -2.16. The van der Waals surface area contributed by atoms with Gasteiger partial charge in [-0.25, -0.2) is 13.1 Å². The lowest BCUT2D eigenvalue weighted by atomic mass is 10.2. The number of rotatable bonds is 6. The van der Waals surface area contributed by atoms with Gasteiger partial charge in [-0.15, -0.1) is 0 Å². The fourth-order valence-corrected chi connectivity index (χ4v) is 2.46. The summed E-state index contributed by atoms with van der Waals surface area (Å²) >= 11 is 0. The fraction of sp³-hybridized carbons (Fsp3) is 0.875. The molecule has 82 valence electrons. The topological polar surface area (TPSA) is 96.0 Å². The van der Waals surface area contributed by atoms with Crippen LogP contribution in [-0.4, -0.2) is 26.3 Å². The third-order valence-corrected chi connectivity index (χ3v) is 3.85. The summed E-state index contributed by atoms with van der Waals surface area (Å²) in [5.41, 5.74) is 5.36. The summed E-state index contributed by atoms with van der Waals surface area (Å²) in [5.74, 6) is 0. The summed E-state index contributed by atoms with van der Waals surface area (Å²) < 4.78 is 25.5. The molecule has 14 heavy (non-hydrogen) atoms. The Morgan fingerprint density at radius 3 is 2.29 bits per heavy atom. The second-order valence-corrected chi connectivity index (χ2v) is 4.92. The highest BCUT2D eigenvalue weighted by Gasteiger charge is 2.25. The van der Waals surface area contributed by atoms with E-state index in [1.165, 1.54) is 0 Å². The van der Waals surface area contributed by atoms with Crippen molar-refractivity contribution >= 4 is 10.0 Å².